The van der Waals surface area contributed by atoms with Crippen molar-refractivity contribution in [1.82, 2.24) is 9.03 Å². The predicted octanol–water partition coefficient (Wildman–Crippen LogP) is 0.290. The van der Waals surface area contributed by atoms with Crippen molar-refractivity contribution in [3.05, 3.63) is 0 Å². The van der Waals surface area contributed by atoms with Crippen LogP contribution in [0.4, 0.5) is 0 Å². The van der Waals surface area contributed by atoms with Gasteiger partial charge in [-0.3, -0.25) is 0 Å². The van der Waals surface area contributed by atoms with Gasteiger partial charge in [0.05, 0.1) is 0 Å². The van der Waals surface area contributed by atoms with Gasteiger partial charge in [-0.25, -0.2) is 0 Å². The first kappa shape index (κ1) is 13.9. The fourth-order valence-corrected chi connectivity index (χ4v) is 3.05. The number of nitrogens with one attached hydrogen (secondary N) is 1. The number of nitrogens with two attached hydrogens (primary N) is 1. The van der Waals surface area contributed by atoms with E-state index in [9.17, 15) is 8.42 Å². The lowest BCUT2D eigenvalue weighted by molar-refractivity contribution is 0.291. The molecule has 1 atom stereocenters. The smallest absolute Gasteiger partial charge is 0.279 e. The van der Waals surface area contributed by atoms with Crippen LogP contribution in [0.3, 0.4) is 0 Å². The van der Waals surface area contributed by atoms with E-state index in [-0.39, 0.29) is 6.04 Å². The number of nitrogens with zero attached hydrogens (tertiary/aromatic N) is 1. The standard InChI is InChI=1S/C10H23N3O2S/c1-13(2)16(14,15)12-10(8-11)9-6-4-3-5-7-9/h9-10,12H,3-8,11H2,1-2H3. The monoisotopic (exact) mass is 249 g/mol. The molecule has 0 aliphatic heterocycles. The molecular weight excluding hydrogens is 226 g/mol. The van der Waals surface area contributed by atoms with E-state index >= 15 is 0 Å². The van der Waals surface area contributed by atoms with Crippen molar-refractivity contribution in [3.8, 4) is 0 Å². The van der Waals surface area contributed by atoms with E-state index in [2.05, 4.69) is 4.72 Å². The summed E-state index contributed by atoms with van der Waals surface area (Å²) in [6.45, 7) is 0.373. The molecule has 1 aliphatic carbocycles. The topological polar surface area (TPSA) is 75.4 Å². The second kappa shape index (κ2) is 5.95. The molecule has 1 aliphatic rings. The molecule has 1 unspecified atom stereocenters. The molecule has 0 spiro atoms. The van der Waals surface area contributed by atoms with Crippen molar-refractivity contribution < 1.29 is 8.42 Å². The zero-order valence-corrected chi connectivity index (χ0v) is 11.0. The quantitative estimate of drug-likeness (QED) is 0.735. The van der Waals surface area contributed by atoms with E-state index in [0.717, 1.165) is 12.8 Å². The van der Waals surface area contributed by atoms with Gasteiger partial charge in [-0.05, 0) is 18.8 Å². The molecule has 6 heteroatoms. The molecule has 0 radical (unpaired) electrons. The van der Waals surface area contributed by atoms with Crippen LogP contribution in [0.5, 0.6) is 0 Å². The molecule has 0 amide bonds. The largest absolute Gasteiger partial charge is 0.329 e. The number of hydrogen-bond donors (Lipinski definition) is 2. The highest BCUT2D eigenvalue weighted by molar-refractivity contribution is 7.87. The van der Waals surface area contributed by atoms with Crippen LogP contribution in [0, 0.1) is 5.92 Å². The average molecular weight is 249 g/mol. The fourth-order valence-electron chi connectivity index (χ4n) is 2.17. The van der Waals surface area contributed by atoms with Gasteiger partial charge in [-0.1, -0.05) is 19.3 Å². The molecule has 1 saturated carbocycles. The van der Waals surface area contributed by atoms with Gasteiger partial charge in [0.15, 0.2) is 0 Å². The first-order valence-electron chi connectivity index (χ1n) is 5.87. The molecule has 0 bridgehead atoms. The first-order chi connectivity index (χ1) is 7.47. The molecular formula is C10H23N3O2S. The minimum atomic E-state index is -3.36. The van der Waals surface area contributed by atoms with E-state index < -0.39 is 10.2 Å². The molecule has 0 aromatic carbocycles. The summed E-state index contributed by atoms with van der Waals surface area (Å²) in [7, 11) is -0.306. The second-order valence-electron chi connectivity index (χ2n) is 4.65. The van der Waals surface area contributed by atoms with E-state index in [1.54, 1.807) is 0 Å². The van der Waals surface area contributed by atoms with Crippen LogP contribution >= 0.6 is 0 Å². The third kappa shape index (κ3) is 3.69. The Morgan fingerprint density at radius 2 is 1.88 bits per heavy atom. The van der Waals surface area contributed by atoms with E-state index in [4.69, 9.17) is 5.73 Å². The van der Waals surface area contributed by atoms with Crippen molar-refractivity contribution >= 4 is 10.2 Å². The highest BCUT2D eigenvalue weighted by Crippen LogP contribution is 2.26. The van der Waals surface area contributed by atoms with Gasteiger partial charge in [0.25, 0.3) is 10.2 Å². The summed E-state index contributed by atoms with van der Waals surface area (Å²) in [4.78, 5) is 0. The lowest BCUT2D eigenvalue weighted by atomic mass is 9.84. The predicted molar refractivity (Wildman–Crippen MR) is 65.2 cm³/mol. The highest BCUT2D eigenvalue weighted by atomic mass is 32.2. The minimum Gasteiger partial charge on any atom is -0.329 e. The maximum absolute atomic E-state index is 11.7. The molecule has 0 heterocycles. The van der Waals surface area contributed by atoms with Crippen LogP contribution in [0.25, 0.3) is 0 Å². The van der Waals surface area contributed by atoms with Crippen LogP contribution in [0.2, 0.25) is 0 Å². The Balaban J connectivity index is 2.60. The Hall–Kier alpha value is -0.170. The van der Waals surface area contributed by atoms with E-state index in [1.807, 2.05) is 0 Å². The highest BCUT2D eigenvalue weighted by Gasteiger charge is 2.27. The normalized spacial score (nSPS) is 21.2. The van der Waals surface area contributed by atoms with Gasteiger partial charge < -0.3 is 5.73 Å². The van der Waals surface area contributed by atoms with Crippen LogP contribution in [-0.2, 0) is 10.2 Å². The van der Waals surface area contributed by atoms with Crippen molar-refractivity contribution in [3.63, 3.8) is 0 Å². The Morgan fingerprint density at radius 1 is 1.31 bits per heavy atom. The zero-order valence-electron chi connectivity index (χ0n) is 10.1. The van der Waals surface area contributed by atoms with E-state index in [1.165, 1.54) is 37.7 Å². The van der Waals surface area contributed by atoms with Crippen LogP contribution < -0.4 is 10.5 Å². The average Bonchev–Trinajstić information content (AvgIpc) is 2.27. The third-order valence-electron chi connectivity index (χ3n) is 3.25. The van der Waals surface area contributed by atoms with Gasteiger partial charge in [-0.2, -0.15) is 17.4 Å². The molecule has 16 heavy (non-hydrogen) atoms. The van der Waals surface area contributed by atoms with Gasteiger partial charge >= 0.3 is 0 Å². The molecule has 0 aromatic rings. The summed E-state index contributed by atoms with van der Waals surface area (Å²) in [5.41, 5.74) is 5.67. The summed E-state index contributed by atoms with van der Waals surface area (Å²) in [5.74, 6) is 0.397. The maximum atomic E-state index is 11.7. The van der Waals surface area contributed by atoms with Crippen LogP contribution in [0.15, 0.2) is 0 Å². The second-order valence-corrected chi connectivity index (χ2v) is 6.56. The van der Waals surface area contributed by atoms with Gasteiger partial charge in [0.2, 0.25) is 0 Å². The van der Waals surface area contributed by atoms with Gasteiger partial charge in [0, 0.05) is 26.7 Å². The Morgan fingerprint density at radius 3 is 2.31 bits per heavy atom. The Labute approximate surface area is 98.6 Å². The maximum Gasteiger partial charge on any atom is 0.279 e. The van der Waals surface area contributed by atoms with Gasteiger partial charge in [0.1, 0.15) is 0 Å². The van der Waals surface area contributed by atoms with Crippen molar-refractivity contribution in [2.24, 2.45) is 11.7 Å². The zero-order chi connectivity index (χ0) is 12.2. The molecule has 5 nitrogen and oxygen atoms in total. The summed E-state index contributed by atoms with van der Waals surface area (Å²) in [5, 5.41) is 0. The van der Waals surface area contributed by atoms with Crippen molar-refractivity contribution in [1.29, 1.82) is 0 Å². The number of hydrogen-bond acceptors (Lipinski definition) is 3. The van der Waals surface area contributed by atoms with E-state index in [0.29, 0.717) is 12.5 Å². The Bertz CT molecular complexity index is 297. The lowest BCUT2D eigenvalue weighted by Crippen LogP contribution is -2.49. The summed E-state index contributed by atoms with van der Waals surface area (Å²) >= 11 is 0. The fraction of sp³-hybridized carbons (Fsp3) is 1.00. The summed E-state index contributed by atoms with van der Waals surface area (Å²) in [6, 6.07) is -0.118. The van der Waals surface area contributed by atoms with Crippen molar-refractivity contribution in [2.75, 3.05) is 20.6 Å². The molecule has 1 fully saturated rings. The first-order valence-corrected chi connectivity index (χ1v) is 7.31. The molecule has 3 N–H and O–H groups in total. The van der Waals surface area contributed by atoms with Crippen LogP contribution in [-0.4, -0.2) is 39.4 Å². The lowest BCUT2D eigenvalue weighted by Gasteiger charge is -2.30. The Kier molecular flexibility index (Phi) is 5.17. The third-order valence-corrected chi connectivity index (χ3v) is 4.82. The van der Waals surface area contributed by atoms with Crippen LogP contribution in [0.1, 0.15) is 32.1 Å². The summed E-state index contributed by atoms with van der Waals surface area (Å²) in [6.07, 6.45) is 5.79. The molecule has 1 rings (SSSR count). The van der Waals surface area contributed by atoms with Crippen molar-refractivity contribution in [2.45, 2.75) is 38.1 Å². The SMILES string of the molecule is CN(C)S(=O)(=O)NC(CN)C1CCCCC1. The number of rotatable bonds is 5. The summed E-state index contributed by atoms with van der Waals surface area (Å²) < 4.78 is 27.3. The molecule has 0 aromatic heterocycles. The van der Waals surface area contributed by atoms with Gasteiger partial charge in [-0.15, -0.1) is 0 Å². The minimum absolute atomic E-state index is 0.118. The molecule has 96 valence electrons. The molecule has 0 saturated heterocycles.